The summed E-state index contributed by atoms with van der Waals surface area (Å²) in [5.41, 5.74) is 1.52. The average Bonchev–Trinajstić information content (AvgIpc) is 3.21. The fraction of sp³-hybridized carbons (Fsp3) is 0.111. The fourth-order valence-corrected chi connectivity index (χ4v) is 2.61. The van der Waals surface area contributed by atoms with Gasteiger partial charge in [-0.05, 0) is 36.6 Å². The molecule has 0 fully saturated rings. The van der Waals surface area contributed by atoms with Crippen LogP contribution >= 0.6 is 11.3 Å². The van der Waals surface area contributed by atoms with Crippen LogP contribution in [0, 0.1) is 6.92 Å². The topological polar surface area (TPSA) is 52.3 Å². The van der Waals surface area contributed by atoms with Crippen molar-refractivity contribution in [3.8, 4) is 11.5 Å². The summed E-state index contributed by atoms with van der Waals surface area (Å²) in [6.45, 7) is 1.90. The molecule has 116 valence electrons. The second-order valence-corrected chi connectivity index (χ2v) is 5.82. The van der Waals surface area contributed by atoms with Gasteiger partial charge in [0.25, 0.3) is 0 Å². The maximum absolute atomic E-state index is 11.7. The third kappa shape index (κ3) is 3.96. The molecule has 3 rings (SSSR count). The number of esters is 1. The highest BCUT2D eigenvalue weighted by Gasteiger charge is 2.12. The van der Waals surface area contributed by atoms with Crippen LogP contribution in [0.2, 0.25) is 0 Å². The van der Waals surface area contributed by atoms with Crippen LogP contribution in [-0.4, -0.2) is 11.0 Å². The minimum atomic E-state index is -0.401. The molecule has 0 unspecified atom stereocenters. The first-order valence-corrected chi connectivity index (χ1v) is 8.00. The lowest BCUT2D eigenvalue weighted by Gasteiger charge is -1.98. The molecule has 0 aliphatic carbocycles. The molecule has 1 aromatic carbocycles. The number of aromatic nitrogens is 1. The van der Waals surface area contributed by atoms with Gasteiger partial charge in [-0.25, -0.2) is 9.78 Å². The molecule has 4 nitrogen and oxygen atoms in total. The van der Waals surface area contributed by atoms with Crippen LogP contribution in [0.1, 0.15) is 16.3 Å². The zero-order valence-electron chi connectivity index (χ0n) is 12.6. The molecular weight excluding hydrogens is 310 g/mol. The van der Waals surface area contributed by atoms with Gasteiger partial charge >= 0.3 is 5.97 Å². The molecule has 0 saturated heterocycles. The van der Waals surface area contributed by atoms with Crippen molar-refractivity contribution >= 4 is 23.4 Å². The van der Waals surface area contributed by atoms with E-state index in [2.05, 4.69) is 4.98 Å². The molecule has 0 radical (unpaired) electrons. The Morgan fingerprint density at radius 1 is 1.26 bits per heavy atom. The van der Waals surface area contributed by atoms with Gasteiger partial charge in [-0.1, -0.05) is 24.3 Å². The van der Waals surface area contributed by atoms with Crippen molar-refractivity contribution < 1.29 is 13.9 Å². The SMILES string of the molecule is Cc1oc(-c2ccccc2)nc1COC(=O)/C=C/c1cccs1. The molecule has 0 aliphatic heterocycles. The molecule has 0 spiro atoms. The van der Waals surface area contributed by atoms with E-state index in [1.807, 2.05) is 54.8 Å². The van der Waals surface area contributed by atoms with Gasteiger partial charge in [0.05, 0.1) is 0 Å². The molecule has 5 heteroatoms. The van der Waals surface area contributed by atoms with Crippen molar-refractivity contribution in [1.82, 2.24) is 4.98 Å². The maximum atomic E-state index is 11.7. The molecule has 0 aliphatic rings. The van der Waals surface area contributed by atoms with Crippen LogP contribution in [0.25, 0.3) is 17.5 Å². The molecule has 0 saturated carbocycles. The number of ether oxygens (including phenoxy) is 1. The molecule has 3 aromatic rings. The van der Waals surface area contributed by atoms with Crippen LogP contribution in [-0.2, 0) is 16.1 Å². The smallest absolute Gasteiger partial charge is 0.331 e. The van der Waals surface area contributed by atoms with E-state index in [4.69, 9.17) is 9.15 Å². The molecular formula is C18H15NO3S. The lowest BCUT2D eigenvalue weighted by molar-refractivity contribution is -0.139. The van der Waals surface area contributed by atoms with Gasteiger partial charge in [-0.3, -0.25) is 0 Å². The Bertz CT molecular complexity index is 804. The second-order valence-electron chi connectivity index (χ2n) is 4.84. The third-order valence-corrected chi connectivity index (χ3v) is 4.03. The Labute approximate surface area is 138 Å². The molecule has 0 N–H and O–H groups in total. The molecule has 0 amide bonds. The number of thiophene rings is 1. The molecule has 23 heavy (non-hydrogen) atoms. The summed E-state index contributed by atoms with van der Waals surface area (Å²) >= 11 is 1.56. The number of carbonyl (C=O) groups excluding carboxylic acids is 1. The van der Waals surface area contributed by atoms with Crippen LogP contribution in [0.4, 0.5) is 0 Å². The van der Waals surface area contributed by atoms with Crippen molar-refractivity contribution in [3.05, 3.63) is 70.3 Å². The predicted molar refractivity (Wildman–Crippen MR) is 89.8 cm³/mol. The Hall–Kier alpha value is -2.66. The van der Waals surface area contributed by atoms with E-state index >= 15 is 0 Å². The summed E-state index contributed by atoms with van der Waals surface area (Å²) in [5.74, 6) is 0.782. The van der Waals surface area contributed by atoms with Gasteiger partial charge < -0.3 is 9.15 Å². The summed E-state index contributed by atoms with van der Waals surface area (Å²) in [6.07, 6.45) is 3.15. The first-order valence-electron chi connectivity index (χ1n) is 7.12. The number of nitrogens with zero attached hydrogens (tertiary/aromatic N) is 1. The Morgan fingerprint density at radius 2 is 2.09 bits per heavy atom. The normalized spacial score (nSPS) is 11.0. The molecule has 0 bridgehead atoms. The zero-order chi connectivity index (χ0) is 16.1. The number of hydrogen-bond donors (Lipinski definition) is 0. The van der Waals surface area contributed by atoms with Crippen LogP contribution < -0.4 is 0 Å². The number of carbonyl (C=O) groups is 1. The van der Waals surface area contributed by atoms with Crippen LogP contribution in [0.5, 0.6) is 0 Å². The quantitative estimate of drug-likeness (QED) is 0.513. The van der Waals surface area contributed by atoms with Gasteiger partial charge in [-0.15, -0.1) is 11.3 Å². The fourth-order valence-electron chi connectivity index (χ4n) is 1.99. The standard InChI is InChI=1S/C18H15NO3S/c1-13-16(19-18(22-13)14-6-3-2-4-7-14)12-21-17(20)10-9-15-8-5-11-23-15/h2-11H,12H2,1H3/b10-9+. The van der Waals surface area contributed by atoms with Gasteiger partial charge in [0.1, 0.15) is 18.1 Å². The minimum absolute atomic E-state index is 0.0930. The summed E-state index contributed by atoms with van der Waals surface area (Å²) in [7, 11) is 0. The van der Waals surface area contributed by atoms with Gasteiger partial charge in [0.2, 0.25) is 5.89 Å². The monoisotopic (exact) mass is 325 g/mol. The van der Waals surface area contributed by atoms with Crippen molar-refractivity contribution in [2.75, 3.05) is 0 Å². The largest absolute Gasteiger partial charge is 0.456 e. The Morgan fingerprint density at radius 3 is 2.83 bits per heavy atom. The molecule has 2 heterocycles. The highest BCUT2D eigenvalue weighted by atomic mass is 32.1. The predicted octanol–water partition coefficient (Wildman–Crippen LogP) is 4.47. The van der Waals surface area contributed by atoms with Crippen molar-refractivity contribution in [1.29, 1.82) is 0 Å². The lowest BCUT2D eigenvalue weighted by Crippen LogP contribution is -2.01. The Kier molecular flexibility index (Phi) is 4.68. The van der Waals surface area contributed by atoms with E-state index < -0.39 is 5.97 Å². The van der Waals surface area contributed by atoms with Crippen molar-refractivity contribution in [2.45, 2.75) is 13.5 Å². The van der Waals surface area contributed by atoms with E-state index in [0.717, 1.165) is 10.4 Å². The van der Waals surface area contributed by atoms with E-state index in [1.165, 1.54) is 6.08 Å². The van der Waals surface area contributed by atoms with E-state index in [0.29, 0.717) is 17.3 Å². The zero-order valence-corrected chi connectivity index (χ0v) is 13.4. The average molecular weight is 325 g/mol. The first-order chi connectivity index (χ1) is 11.2. The summed E-state index contributed by atoms with van der Waals surface area (Å²) in [4.78, 5) is 17.1. The Balaban J connectivity index is 1.62. The molecule has 0 atom stereocenters. The number of rotatable bonds is 5. The van der Waals surface area contributed by atoms with Crippen molar-refractivity contribution in [2.24, 2.45) is 0 Å². The van der Waals surface area contributed by atoms with E-state index in [1.54, 1.807) is 17.4 Å². The van der Waals surface area contributed by atoms with Gasteiger partial charge in [0, 0.05) is 16.5 Å². The maximum Gasteiger partial charge on any atom is 0.331 e. The van der Waals surface area contributed by atoms with Crippen LogP contribution in [0.15, 0.2) is 58.3 Å². The van der Waals surface area contributed by atoms with Crippen LogP contribution in [0.3, 0.4) is 0 Å². The van der Waals surface area contributed by atoms with Crippen molar-refractivity contribution in [3.63, 3.8) is 0 Å². The number of benzene rings is 1. The first kappa shape index (κ1) is 15.2. The summed E-state index contributed by atoms with van der Waals surface area (Å²) < 4.78 is 10.8. The summed E-state index contributed by atoms with van der Waals surface area (Å²) in [5, 5.41) is 1.95. The number of aryl methyl sites for hydroxylation is 1. The second kappa shape index (κ2) is 7.07. The number of hydrogen-bond acceptors (Lipinski definition) is 5. The highest BCUT2D eigenvalue weighted by Crippen LogP contribution is 2.21. The lowest BCUT2D eigenvalue weighted by atomic mass is 10.2. The minimum Gasteiger partial charge on any atom is -0.456 e. The highest BCUT2D eigenvalue weighted by molar-refractivity contribution is 7.10. The molecule has 2 aromatic heterocycles. The van der Waals surface area contributed by atoms with E-state index in [9.17, 15) is 4.79 Å². The summed E-state index contributed by atoms with van der Waals surface area (Å²) in [6, 6.07) is 13.5. The number of oxazole rings is 1. The third-order valence-electron chi connectivity index (χ3n) is 3.19. The van der Waals surface area contributed by atoms with E-state index in [-0.39, 0.29) is 6.61 Å². The van der Waals surface area contributed by atoms with Gasteiger partial charge in [-0.2, -0.15) is 0 Å². The van der Waals surface area contributed by atoms with Gasteiger partial charge in [0.15, 0.2) is 0 Å².